The van der Waals surface area contributed by atoms with E-state index in [1.807, 2.05) is 32.0 Å². The van der Waals surface area contributed by atoms with Crippen molar-refractivity contribution in [2.24, 2.45) is 10.4 Å². The number of rotatable bonds is 2. The molecule has 1 atom stereocenters. The predicted molar refractivity (Wildman–Crippen MR) is 93.3 cm³/mol. The van der Waals surface area contributed by atoms with Crippen molar-refractivity contribution in [1.82, 2.24) is 4.57 Å². The summed E-state index contributed by atoms with van der Waals surface area (Å²) < 4.78 is 2.29. The molecular formula is C16H25BrN4. The van der Waals surface area contributed by atoms with Crippen LogP contribution in [0.4, 0.5) is 5.82 Å². The zero-order chi connectivity index (χ0) is 16.2. The van der Waals surface area contributed by atoms with Crippen LogP contribution in [0.3, 0.4) is 0 Å². The Kier molecular flexibility index (Phi) is 6.03. The molecule has 116 valence electrons. The van der Waals surface area contributed by atoms with Crippen LogP contribution in [0, 0.1) is 16.7 Å². The summed E-state index contributed by atoms with van der Waals surface area (Å²) in [4.78, 5) is 6.22. The maximum atomic E-state index is 9.15. The summed E-state index contributed by atoms with van der Waals surface area (Å²) >= 11 is 3.55. The molecule has 0 amide bonds. The predicted octanol–water partition coefficient (Wildman–Crippen LogP) is 4.17. The van der Waals surface area contributed by atoms with Gasteiger partial charge >= 0.3 is 0 Å². The van der Waals surface area contributed by atoms with Crippen LogP contribution in [0.2, 0.25) is 0 Å². The molecule has 2 heterocycles. The number of aliphatic imine (C=N–C) groups is 1. The minimum atomic E-state index is -0.427. The number of nitrogens with zero attached hydrogens (tertiary/aromatic N) is 4. The molecule has 1 aliphatic rings. The van der Waals surface area contributed by atoms with Crippen LogP contribution >= 0.6 is 15.9 Å². The molecule has 1 unspecified atom stereocenters. The molecule has 1 aromatic heterocycles. The van der Waals surface area contributed by atoms with Crippen LogP contribution in [-0.4, -0.2) is 24.0 Å². The molecule has 2 rings (SSSR count). The average Bonchev–Trinajstić information content (AvgIpc) is 2.78. The number of hydrogen-bond donors (Lipinski definition) is 0. The normalized spacial score (nSPS) is 16.9. The number of nitriles is 1. The van der Waals surface area contributed by atoms with Gasteiger partial charge in [0.1, 0.15) is 11.9 Å². The molecule has 0 fully saturated rings. The lowest BCUT2D eigenvalue weighted by Crippen LogP contribution is -2.34. The molecule has 5 heteroatoms. The van der Waals surface area contributed by atoms with Crippen LogP contribution < -0.4 is 4.90 Å². The van der Waals surface area contributed by atoms with Crippen molar-refractivity contribution in [1.29, 1.82) is 5.26 Å². The first-order chi connectivity index (χ1) is 9.87. The highest BCUT2D eigenvalue weighted by molar-refractivity contribution is 9.08. The second-order valence-corrected chi connectivity index (χ2v) is 6.65. The Bertz CT molecular complexity index is 546. The number of aromatic nitrogens is 1. The van der Waals surface area contributed by atoms with Crippen molar-refractivity contribution in [3.05, 3.63) is 17.3 Å². The third kappa shape index (κ3) is 3.88. The van der Waals surface area contributed by atoms with E-state index in [4.69, 9.17) is 5.26 Å². The lowest BCUT2D eigenvalue weighted by atomic mass is 9.97. The van der Waals surface area contributed by atoms with Crippen molar-refractivity contribution in [3.63, 3.8) is 0 Å². The largest absolute Gasteiger partial charge is 0.330 e. The summed E-state index contributed by atoms with van der Waals surface area (Å²) in [5.74, 6) is 1.09. The van der Waals surface area contributed by atoms with Gasteiger partial charge in [0.15, 0.2) is 0 Å². The van der Waals surface area contributed by atoms with Crippen LogP contribution in [0.1, 0.15) is 45.9 Å². The minimum Gasteiger partial charge on any atom is -0.330 e. The van der Waals surface area contributed by atoms with E-state index in [1.54, 1.807) is 0 Å². The van der Waals surface area contributed by atoms with Gasteiger partial charge in [-0.05, 0) is 11.5 Å². The van der Waals surface area contributed by atoms with E-state index >= 15 is 0 Å². The summed E-state index contributed by atoms with van der Waals surface area (Å²) in [5, 5.41) is 9.95. The van der Waals surface area contributed by atoms with E-state index < -0.39 is 6.17 Å². The molecule has 4 nitrogen and oxygen atoms in total. The van der Waals surface area contributed by atoms with Crippen LogP contribution in [0.15, 0.2) is 11.1 Å². The van der Waals surface area contributed by atoms with Crippen molar-refractivity contribution in [2.75, 3.05) is 11.9 Å². The van der Waals surface area contributed by atoms with Crippen LogP contribution in [0.25, 0.3) is 0 Å². The lowest BCUT2D eigenvalue weighted by Gasteiger charge is -2.30. The van der Waals surface area contributed by atoms with E-state index in [0.29, 0.717) is 0 Å². The van der Waals surface area contributed by atoms with Crippen LogP contribution in [0.5, 0.6) is 0 Å². The Morgan fingerprint density at radius 3 is 2.48 bits per heavy atom. The summed E-state index contributed by atoms with van der Waals surface area (Å²) in [7, 11) is 1.93. The Morgan fingerprint density at radius 2 is 2.00 bits per heavy atom. The molecule has 0 aliphatic carbocycles. The topological polar surface area (TPSA) is 44.3 Å². The zero-order valence-electron chi connectivity index (χ0n) is 13.8. The standard InChI is InChI=1S/C14H19BrN4.C2H6/c1-14(2,3)9-19-11(6-15)5-10-8-17-12(7-16)18(4)13(10)19;1-2/h5,8,12H,6,9H2,1-4H3;1-2H3. The molecular weight excluding hydrogens is 328 g/mol. The number of anilines is 1. The summed E-state index contributed by atoms with van der Waals surface area (Å²) in [6, 6.07) is 4.36. The van der Waals surface area contributed by atoms with Crippen molar-refractivity contribution in [2.45, 2.75) is 52.7 Å². The monoisotopic (exact) mass is 352 g/mol. The first-order valence-corrected chi connectivity index (χ1v) is 8.43. The van der Waals surface area contributed by atoms with Gasteiger partial charge in [-0.2, -0.15) is 5.26 Å². The number of hydrogen-bond acceptors (Lipinski definition) is 3. The van der Waals surface area contributed by atoms with Gasteiger partial charge in [0.25, 0.3) is 0 Å². The molecule has 0 saturated carbocycles. The molecule has 0 saturated heterocycles. The number of alkyl halides is 1. The van der Waals surface area contributed by atoms with Gasteiger partial charge in [0, 0.05) is 36.4 Å². The number of fused-ring (bicyclic) bond motifs is 1. The molecule has 0 bridgehead atoms. The van der Waals surface area contributed by atoms with Crippen molar-refractivity contribution < 1.29 is 0 Å². The Morgan fingerprint density at radius 1 is 1.38 bits per heavy atom. The molecule has 1 aliphatic heterocycles. The second kappa shape index (κ2) is 7.13. The quantitative estimate of drug-likeness (QED) is 0.749. The highest BCUT2D eigenvalue weighted by atomic mass is 79.9. The third-order valence-electron chi connectivity index (χ3n) is 3.12. The molecule has 0 N–H and O–H groups in total. The fraction of sp³-hybridized carbons (Fsp3) is 0.625. The van der Waals surface area contributed by atoms with E-state index in [0.717, 1.165) is 23.3 Å². The van der Waals surface area contributed by atoms with Gasteiger partial charge in [-0.25, -0.2) is 0 Å². The Labute approximate surface area is 136 Å². The van der Waals surface area contributed by atoms with Crippen molar-refractivity contribution in [3.8, 4) is 6.07 Å². The highest BCUT2D eigenvalue weighted by Crippen LogP contribution is 2.32. The maximum absolute atomic E-state index is 9.15. The van der Waals surface area contributed by atoms with E-state index in [9.17, 15) is 0 Å². The van der Waals surface area contributed by atoms with E-state index in [2.05, 4.69) is 58.4 Å². The first kappa shape index (κ1) is 17.8. The molecule has 1 aromatic rings. The molecule has 0 spiro atoms. The Hall–Kier alpha value is -1.28. The fourth-order valence-corrected chi connectivity index (χ4v) is 2.82. The third-order valence-corrected chi connectivity index (χ3v) is 3.70. The Balaban J connectivity index is 0.00000106. The smallest absolute Gasteiger partial charge is 0.210 e. The molecule has 0 radical (unpaired) electrons. The average molecular weight is 353 g/mol. The van der Waals surface area contributed by atoms with Crippen molar-refractivity contribution >= 4 is 28.0 Å². The number of halogens is 1. The van der Waals surface area contributed by atoms with Crippen LogP contribution in [-0.2, 0) is 11.9 Å². The van der Waals surface area contributed by atoms with E-state index in [1.165, 1.54) is 5.69 Å². The van der Waals surface area contributed by atoms with Gasteiger partial charge in [0.2, 0.25) is 6.17 Å². The molecule has 0 aromatic carbocycles. The lowest BCUT2D eigenvalue weighted by molar-refractivity contribution is 0.341. The van der Waals surface area contributed by atoms with Gasteiger partial charge < -0.3 is 9.47 Å². The van der Waals surface area contributed by atoms with Gasteiger partial charge in [-0.15, -0.1) is 0 Å². The summed E-state index contributed by atoms with van der Waals surface area (Å²) in [6.45, 7) is 11.6. The highest BCUT2D eigenvalue weighted by Gasteiger charge is 2.27. The maximum Gasteiger partial charge on any atom is 0.210 e. The SMILES string of the molecule is CC.CN1c2c(cc(CBr)n2CC(C)(C)C)C=NC1C#N. The van der Waals surface area contributed by atoms with Gasteiger partial charge in [0.05, 0.1) is 0 Å². The van der Waals surface area contributed by atoms with Gasteiger partial charge in [-0.3, -0.25) is 4.99 Å². The zero-order valence-corrected chi connectivity index (χ0v) is 15.4. The van der Waals surface area contributed by atoms with Gasteiger partial charge in [-0.1, -0.05) is 50.5 Å². The fourth-order valence-electron chi connectivity index (χ4n) is 2.35. The summed E-state index contributed by atoms with van der Waals surface area (Å²) in [6.07, 6.45) is 1.39. The summed E-state index contributed by atoms with van der Waals surface area (Å²) in [5.41, 5.74) is 2.49. The first-order valence-electron chi connectivity index (χ1n) is 7.31. The minimum absolute atomic E-state index is 0.182. The van der Waals surface area contributed by atoms with E-state index in [-0.39, 0.29) is 5.41 Å². The second-order valence-electron chi connectivity index (χ2n) is 6.09. The molecule has 21 heavy (non-hydrogen) atoms.